The maximum absolute atomic E-state index is 13.9. The first-order chi connectivity index (χ1) is 16.6. The number of hydrogen-bond acceptors (Lipinski definition) is 5. The van der Waals surface area contributed by atoms with Gasteiger partial charge in [0, 0.05) is 6.54 Å². The van der Waals surface area contributed by atoms with Crippen molar-refractivity contribution >= 4 is 40.7 Å². The number of nitrogens with zero attached hydrogens (tertiary/aromatic N) is 1. The van der Waals surface area contributed by atoms with Crippen molar-refractivity contribution in [1.82, 2.24) is 15.5 Å². The first-order valence-corrected chi connectivity index (χ1v) is 12.5. The number of para-hydroxylation sites is 1. The topological polar surface area (TPSA) is 108 Å². The third-order valence-electron chi connectivity index (χ3n) is 5.66. The number of amides is 4. The molecule has 8 nitrogen and oxygen atoms in total. The number of urea groups is 1. The Morgan fingerprint density at radius 2 is 1.97 bits per heavy atom. The maximum Gasteiger partial charge on any atom is 0.322 e. The highest BCUT2D eigenvalue weighted by Gasteiger charge is 2.31. The number of anilines is 1. The van der Waals surface area contributed by atoms with Crippen molar-refractivity contribution < 1.29 is 23.6 Å². The quantitative estimate of drug-likeness (QED) is 0.536. The second kappa shape index (κ2) is 11.9. The third kappa shape index (κ3) is 7.35. The van der Waals surface area contributed by atoms with E-state index in [0.29, 0.717) is 30.7 Å². The lowest BCUT2D eigenvalue weighted by molar-refractivity contribution is -0.129. The van der Waals surface area contributed by atoms with Gasteiger partial charge in [-0.2, -0.15) is 0 Å². The average Bonchev–Trinajstić information content (AvgIpc) is 3.15. The van der Waals surface area contributed by atoms with E-state index in [1.807, 2.05) is 26.2 Å². The molecule has 4 amide bonds. The third-order valence-corrected chi connectivity index (χ3v) is 6.71. The highest BCUT2D eigenvalue weighted by molar-refractivity contribution is 7.12. The van der Waals surface area contributed by atoms with Crippen LogP contribution in [-0.2, 0) is 9.59 Å². The van der Waals surface area contributed by atoms with Crippen LogP contribution in [0.3, 0.4) is 0 Å². The standard InChI is InChI=1S/C25H31FN4O4S/c1-15(2)11-20(28-24(33)22-12-16(3)14-35-22)23(32)27-19-9-6-10-30(13-21(19)31)25(34)29-18-8-5-4-7-17(18)26/h4-5,7-8,12,14-15,19-20H,6,9-11,13H2,1-3H3,(H,27,32)(H,28,33)(H,29,34)/t19-,20?/m0/s1. The van der Waals surface area contributed by atoms with E-state index in [2.05, 4.69) is 16.0 Å². The predicted octanol–water partition coefficient (Wildman–Crippen LogP) is 3.72. The van der Waals surface area contributed by atoms with Gasteiger partial charge < -0.3 is 20.9 Å². The molecule has 0 radical (unpaired) electrons. The Morgan fingerprint density at radius 3 is 2.63 bits per heavy atom. The molecule has 0 bridgehead atoms. The van der Waals surface area contributed by atoms with Crippen molar-refractivity contribution in [2.45, 2.75) is 52.1 Å². The molecule has 1 aromatic carbocycles. The Kier molecular flexibility index (Phi) is 8.97. The van der Waals surface area contributed by atoms with E-state index in [1.165, 1.54) is 34.4 Å². The molecule has 0 aliphatic carbocycles. The summed E-state index contributed by atoms with van der Waals surface area (Å²) < 4.78 is 13.9. The zero-order valence-corrected chi connectivity index (χ0v) is 20.9. The predicted molar refractivity (Wildman–Crippen MR) is 133 cm³/mol. The molecule has 1 fully saturated rings. The normalized spacial score (nSPS) is 17.0. The summed E-state index contributed by atoms with van der Waals surface area (Å²) in [5.74, 6) is -1.50. The molecule has 2 aromatic rings. The molecule has 1 aliphatic heterocycles. The molecule has 10 heteroatoms. The van der Waals surface area contributed by atoms with E-state index >= 15 is 0 Å². The van der Waals surface area contributed by atoms with Gasteiger partial charge in [-0.15, -0.1) is 11.3 Å². The molecule has 0 spiro atoms. The molecule has 1 saturated heterocycles. The molecule has 3 N–H and O–H groups in total. The van der Waals surface area contributed by atoms with Gasteiger partial charge >= 0.3 is 6.03 Å². The monoisotopic (exact) mass is 502 g/mol. The Labute approximate surface area is 208 Å². The first-order valence-electron chi connectivity index (χ1n) is 11.6. The van der Waals surface area contributed by atoms with Crippen LogP contribution >= 0.6 is 11.3 Å². The van der Waals surface area contributed by atoms with Crippen LogP contribution in [0.1, 0.15) is 48.3 Å². The molecule has 0 saturated carbocycles. The van der Waals surface area contributed by atoms with Crippen molar-refractivity contribution in [3.8, 4) is 0 Å². The van der Waals surface area contributed by atoms with Gasteiger partial charge in [0.05, 0.1) is 23.2 Å². The molecular formula is C25H31FN4O4S. The first kappa shape index (κ1) is 26.3. The number of thiophene rings is 1. The van der Waals surface area contributed by atoms with Gasteiger partial charge in [-0.05, 0) is 61.2 Å². The zero-order chi connectivity index (χ0) is 25.5. The molecule has 188 valence electrons. The number of carbonyl (C=O) groups is 4. The SMILES string of the molecule is Cc1csc(C(=O)NC(CC(C)C)C(=O)N[C@H]2CCCN(C(=O)Nc3ccccc3F)CC2=O)c1. The number of benzene rings is 1. The molecule has 1 unspecified atom stereocenters. The number of ketones is 1. The summed E-state index contributed by atoms with van der Waals surface area (Å²) in [4.78, 5) is 53.0. The van der Waals surface area contributed by atoms with Crippen LogP contribution < -0.4 is 16.0 Å². The van der Waals surface area contributed by atoms with Crippen LogP contribution in [0, 0.1) is 18.7 Å². The van der Waals surface area contributed by atoms with Crippen molar-refractivity contribution in [3.05, 3.63) is 52.0 Å². The fourth-order valence-electron chi connectivity index (χ4n) is 3.86. The van der Waals surface area contributed by atoms with Gasteiger partial charge in [-0.25, -0.2) is 9.18 Å². The fraction of sp³-hybridized carbons (Fsp3) is 0.440. The minimum Gasteiger partial charge on any atom is -0.344 e. The van der Waals surface area contributed by atoms with Crippen LogP contribution in [-0.4, -0.2) is 53.7 Å². The van der Waals surface area contributed by atoms with Gasteiger partial charge in [-0.3, -0.25) is 14.4 Å². The Hall–Kier alpha value is -3.27. The van der Waals surface area contributed by atoms with Gasteiger partial charge in [0.2, 0.25) is 5.91 Å². The molecule has 3 rings (SSSR count). The minimum atomic E-state index is -0.790. The summed E-state index contributed by atoms with van der Waals surface area (Å²) in [6.45, 7) is 5.88. The summed E-state index contributed by atoms with van der Waals surface area (Å²) in [6.07, 6.45) is 1.26. The lowest BCUT2D eigenvalue weighted by Gasteiger charge is -2.23. The highest BCUT2D eigenvalue weighted by atomic mass is 32.1. The number of aryl methyl sites for hydroxylation is 1. The van der Waals surface area contributed by atoms with E-state index in [0.717, 1.165) is 5.56 Å². The summed E-state index contributed by atoms with van der Waals surface area (Å²) in [5, 5.41) is 9.93. The molecule has 1 aromatic heterocycles. The lowest BCUT2D eigenvalue weighted by Crippen LogP contribution is -2.52. The largest absolute Gasteiger partial charge is 0.344 e. The Balaban J connectivity index is 1.61. The molecule has 1 aliphatic rings. The number of rotatable bonds is 7. The highest BCUT2D eigenvalue weighted by Crippen LogP contribution is 2.17. The van der Waals surface area contributed by atoms with E-state index in [4.69, 9.17) is 0 Å². The van der Waals surface area contributed by atoms with Gasteiger partial charge in [-0.1, -0.05) is 26.0 Å². The van der Waals surface area contributed by atoms with Crippen molar-refractivity contribution in [2.75, 3.05) is 18.4 Å². The molecule has 35 heavy (non-hydrogen) atoms. The van der Waals surface area contributed by atoms with Gasteiger partial charge in [0.1, 0.15) is 11.9 Å². The van der Waals surface area contributed by atoms with E-state index in [1.54, 1.807) is 12.1 Å². The second-order valence-electron chi connectivity index (χ2n) is 9.15. The second-order valence-corrected chi connectivity index (χ2v) is 10.1. The smallest absolute Gasteiger partial charge is 0.322 e. The number of Topliss-reactive ketones (excluding diaryl/α,β-unsaturated/α-hetero) is 1. The molecule has 2 atom stereocenters. The summed E-state index contributed by atoms with van der Waals surface area (Å²) in [5.41, 5.74) is 1.00. The molecule has 2 heterocycles. The summed E-state index contributed by atoms with van der Waals surface area (Å²) in [7, 11) is 0. The average molecular weight is 503 g/mol. The van der Waals surface area contributed by atoms with Crippen molar-refractivity contribution in [3.63, 3.8) is 0 Å². The van der Waals surface area contributed by atoms with Crippen molar-refractivity contribution in [2.24, 2.45) is 5.92 Å². The van der Waals surface area contributed by atoms with Gasteiger partial charge in [0.25, 0.3) is 5.91 Å². The fourth-order valence-corrected chi connectivity index (χ4v) is 4.66. The van der Waals surface area contributed by atoms with Crippen LogP contribution in [0.4, 0.5) is 14.9 Å². The minimum absolute atomic E-state index is 0.0345. The van der Waals surface area contributed by atoms with Crippen LogP contribution in [0.15, 0.2) is 35.7 Å². The van der Waals surface area contributed by atoms with E-state index in [-0.39, 0.29) is 29.8 Å². The van der Waals surface area contributed by atoms with E-state index in [9.17, 15) is 23.6 Å². The maximum atomic E-state index is 13.9. The van der Waals surface area contributed by atoms with E-state index < -0.39 is 29.8 Å². The Morgan fingerprint density at radius 1 is 1.23 bits per heavy atom. The summed E-state index contributed by atoms with van der Waals surface area (Å²) in [6, 6.07) is 5.42. The lowest BCUT2D eigenvalue weighted by atomic mass is 10.0. The number of hydrogen-bond donors (Lipinski definition) is 3. The van der Waals surface area contributed by atoms with Gasteiger partial charge in [0.15, 0.2) is 5.78 Å². The number of nitrogens with one attached hydrogen (secondary N) is 3. The van der Waals surface area contributed by atoms with Crippen LogP contribution in [0.5, 0.6) is 0 Å². The zero-order valence-electron chi connectivity index (χ0n) is 20.1. The number of carbonyl (C=O) groups excluding carboxylic acids is 4. The van der Waals surface area contributed by atoms with Crippen LogP contribution in [0.25, 0.3) is 0 Å². The van der Waals surface area contributed by atoms with Crippen molar-refractivity contribution in [1.29, 1.82) is 0 Å². The molecular weight excluding hydrogens is 471 g/mol. The Bertz CT molecular complexity index is 1090. The number of halogens is 1. The number of likely N-dealkylation sites (tertiary alicyclic amines) is 1. The van der Waals surface area contributed by atoms with Crippen LogP contribution in [0.2, 0.25) is 0 Å². The summed E-state index contributed by atoms with van der Waals surface area (Å²) >= 11 is 1.31.